The number of rotatable bonds is 3. The second-order valence-corrected chi connectivity index (χ2v) is 9.73. The minimum atomic E-state index is -0.833. The van der Waals surface area contributed by atoms with Crippen molar-refractivity contribution in [3.05, 3.63) is 76.0 Å². The third-order valence-corrected chi connectivity index (χ3v) is 6.79. The summed E-state index contributed by atoms with van der Waals surface area (Å²) >= 11 is 0. The van der Waals surface area contributed by atoms with Gasteiger partial charge in [0.25, 0.3) is 5.69 Å². The second kappa shape index (κ2) is 7.10. The molecular weight excluding hydrogens is 422 g/mol. The maximum atomic E-state index is 13.7. The summed E-state index contributed by atoms with van der Waals surface area (Å²) in [6.07, 6.45) is 3.75. The van der Waals surface area contributed by atoms with Crippen molar-refractivity contribution in [2.45, 2.75) is 32.9 Å². The fourth-order valence-corrected chi connectivity index (χ4v) is 5.28. The quantitative estimate of drug-likeness (QED) is 0.405. The van der Waals surface area contributed by atoms with Crippen LogP contribution in [0.3, 0.4) is 0 Å². The summed E-state index contributed by atoms with van der Waals surface area (Å²) in [6.45, 7) is 5.44. The Balaban J connectivity index is 1.63. The van der Waals surface area contributed by atoms with Crippen LogP contribution in [-0.4, -0.2) is 33.5 Å². The maximum absolute atomic E-state index is 13.7. The molecule has 2 saturated heterocycles. The molecular formula is C25H23N3O5. The first-order valence-electron chi connectivity index (χ1n) is 10.8. The van der Waals surface area contributed by atoms with E-state index in [0.29, 0.717) is 0 Å². The monoisotopic (exact) mass is 445 g/mol. The molecule has 4 atom stereocenters. The third kappa shape index (κ3) is 3.01. The highest BCUT2D eigenvalue weighted by atomic mass is 16.6. The van der Waals surface area contributed by atoms with Gasteiger partial charge in [-0.2, -0.15) is 0 Å². The van der Waals surface area contributed by atoms with Crippen LogP contribution in [0.1, 0.15) is 37.9 Å². The lowest BCUT2D eigenvalue weighted by Crippen LogP contribution is -2.47. The summed E-state index contributed by atoms with van der Waals surface area (Å²) in [5.74, 6) is -2.49. The standard InChI is InChI=1S/C25H23N3O5/c1-25(2,3)22(29)21-19-18(20-17-7-5-4-6-14(17)12-13-26(20)21)23(30)27(24(19)31)15-8-10-16(11-9-15)28(32)33/h4-13,18-21H,1-3H3/t18-,19-,20+,21+/m0/s1. The molecule has 33 heavy (non-hydrogen) atoms. The molecule has 0 bridgehead atoms. The van der Waals surface area contributed by atoms with E-state index in [-0.39, 0.29) is 23.1 Å². The van der Waals surface area contributed by atoms with Crippen molar-refractivity contribution in [2.75, 3.05) is 4.90 Å². The highest BCUT2D eigenvalue weighted by molar-refractivity contribution is 6.24. The number of nitrogens with zero attached hydrogens (tertiary/aromatic N) is 3. The minimum Gasteiger partial charge on any atom is -0.359 e. The molecule has 168 valence electrons. The van der Waals surface area contributed by atoms with E-state index in [0.717, 1.165) is 16.0 Å². The lowest BCUT2D eigenvalue weighted by molar-refractivity contribution is -0.384. The number of imide groups is 1. The molecule has 3 heterocycles. The van der Waals surface area contributed by atoms with E-state index >= 15 is 0 Å². The van der Waals surface area contributed by atoms with Crippen LogP contribution in [0.2, 0.25) is 0 Å². The van der Waals surface area contributed by atoms with Gasteiger partial charge in [-0.05, 0) is 29.3 Å². The van der Waals surface area contributed by atoms with Gasteiger partial charge in [-0.1, -0.05) is 45.0 Å². The van der Waals surface area contributed by atoms with E-state index in [1.54, 1.807) is 0 Å². The Bertz CT molecular complexity index is 1230. The van der Waals surface area contributed by atoms with Gasteiger partial charge >= 0.3 is 0 Å². The molecule has 2 fully saturated rings. The summed E-state index contributed by atoms with van der Waals surface area (Å²) in [5.41, 5.74) is 1.30. The predicted molar refractivity (Wildman–Crippen MR) is 121 cm³/mol. The van der Waals surface area contributed by atoms with E-state index in [2.05, 4.69) is 0 Å². The van der Waals surface area contributed by atoms with Crippen molar-refractivity contribution in [2.24, 2.45) is 17.3 Å². The number of hydrogen-bond acceptors (Lipinski definition) is 6. The van der Waals surface area contributed by atoms with E-state index in [1.165, 1.54) is 24.3 Å². The Morgan fingerprint density at radius 1 is 0.970 bits per heavy atom. The van der Waals surface area contributed by atoms with Crippen LogP contribution in [0.5, 0.6) is 0 Å². The Labute approximate surface area is 190 Å². The molecule has 0 spiro atoms. The number of hydrogen-bond donors (Lipinski definition) is 0. The van der Waals surface area contributed by atoms with Crippen LogP contribution >= 0.6 is 0 Å². The summed E-state index contributed by atoms with van der Waals surface area (Å²) < 4.78 is 0. The molecule has 8 heteroatoms. The van der Waals surface area contributed by atoms with Gasteiger partial charge in [-0.15, -0.1) is 0 Å². The molecule has 0 radical (unpaired) electrons. The zero-order valence-corrected chi connectivity index (χ0v) is 18.5. The second-order valence-electron chi connectivity index (χ2n) is 9.73. The topological polar surface area (TPSA) is 101 Å². The van der Waals surface area contributed by atoms with Gasteiger partial charge in [-0.3, -0.25) is 24.5 Å². The first-order valence-corrected chi connectivity index (χ1v) is 10.8. The van der Waals surface area contributed by atoms with Gasteiger partial charge < -0.3 is 4.90 Å². The van der Waals surface area contributed by atoms with Crippen molar-refractivity contribution >= 4 is 35.0 Å². The number of carbonyl (C=O) groups is 3. The molecule has 0 saturated carbocycles. The molecule has 0 aromatic heterocycles. The number of fused-ring (bicyclic) bond motifs is 5. The van der Waals surface area contributed by atoms with Crippen LogP contribution in [0.4, 0.5) is 11.4 Å². The largest absolute Gasteiger partial charge is 0.359 e. The summed E-state index contributed by atoms with van der Waals surface area (Å²) in [4.78, 5) is 54.4. The van der Waals surface area contributed by atoms with Gasteiger partial charge in [0.2, 0.25) is 11.8 Å². The maximum Gasteiger partial charge on any atom is 0.269 e. The van der Waals surface area contributed by atoms with Crippen LogP contribution in [0, 0.1) is 27.4 Å². The normalized spacial score (nSPS) is 25.7. The molecule has 3 aliphatic heterocycles. The zero-order valence-electron chi connectivity index (χ0n) is 18.5. The lowest BCUT2D eigenvalue weighted by atomic mass is 9.79. The first kappa shape index (κ1) is 21.1. The molecule has 2 amide bonds. The third-order valence-electron chi connectivity index (χ3n) is 6.79. The zero-order chi connectivity index (χ0) is 23.7. The van der Waals surface area contributed by atoms with Crippen LogP contribution in [0.15, 0.2) is 54.7 Å². The smallest absolute Gasteiger partial charge is 0.269 e. The molecule has 8 nitrogen and oxygen atoms in total. The van der Waals surface area contributed by atoms with Crippen LogP contribution in [-0.2, 0) is 14.4 Å². The fourth-order valence-electron chi connectivity index (χ4n) is 5.28. The van der Waals surface area contributed by atoms with E-state index < -0.39 is 40.2 Å². The average molecular weight is 445 g/mol. The Morgan fingerprint density at radius 3 is 2.24 bits per heavy atom. The number of non-ortho nitro benzene ring substituents is 1. The SMILES string of the molecule is CC(C)(C)C(=O)[C@H]1[C@H]2C(=O)N(c3ccc([N+](=O)[O-])cc3)C(=O)[C@@H]2[C@H]2c3ccccc3C=CN21. The highest BCUT2D eigenvalue weighted by Crippen LogP contribution is 2.54. The Morgan fingerprint density at radius 2 is 1.61 bits per heavy atom. The molecule has 5 rings (SSSR count). The molecule has 2 aromatic carbocycles. The number of nitro benzene ring substituents is 1. The average Bonchev–Trinajstić information content (AvgIpc) is 3.25. The van der Waals surface area contributed by atoms with Gasteiger partial charge in [-0.25, -0.2) is 4.90 Å². The van der Waals surface area contributed by atoms with Gasteiger partial charge in [0, 0.05) is 23.7 Å². The number of amides is 2. The predicted octanol–water partition coefficient (Wildman–Crippen LogP) is 3.73. The van der Waals surface area contributed by atoms with E-state index in [4.69, 9.17) is 0 Å². The van der Waals surface area contributed by atoms with Crippen molar-refractivity contribution < 1.29 is 19.3 Å². The molecule has 2 aromatic rings. The lowest BCUT2D eigenvalue weighted by Gasteiger charge is -2.37. The molecule has 3 aliphatic rings. The van der Waals surface area contributed by atoms with Crippen LogP contribution < -0.4 is 4.90 Å². The van der Waals surface area contributed by atoms with Crippen molar-refractivity contribution in [1.29, 1.82) is 0 Å². The fraction of sp³-hybridized carbons (Fsp3) is 0.320. The number of anilines is 1. The number of Topliss-reactive ketones (excluding diaryl/α,β-unsaturated/α-hetero) is 1. The number of benzene rings is 2. The Kier molecular flexibility index (Phi) is 4.53. The van der Waals surface area contributed by atoms with E-state index in [1.807, 2.05) is 62.2 Å². The minimum absolute atomic E-state index is 0.101. The summed E-state index contributed by atoms with van der Waals surface area (Å²) in [6, 6.07) is 11.8. The van der Waals surface area contributed by atoms with Crippen LogP contribution in [0.25, 0.3) is 6.08 Å². The number of nitro groups is 1. The Hall–Kier alpha value is -3.81. The molecule has 0 unspecified atom stereocenters. The molecule has 0 N–H and O–H groups in total. The number of ketones is 1. The highest BCUT2D eigenvalue weighted by Gasteiger charge is 2.65. The van der Waals surface area contributed by atoms with Crippen molar-refractivity contribution in [3.8, 4) is 0 Å². The number of carbonyl (C=O) groups excluding carboxylic acids is 3. The first-order chi connectivity index (χ1) is 15.6. The summed E-state index contributed by atoms with van der Waals surface area (Å²) in [7, 11) is 0. The van der Waals surface area contributed by atoms with Crippen molar-refractivity contribution in [3.63, 3.8) is 0 Å². The van der Waals surface area contributed by atoms with Gasteiger partial charge in [0.1, 0.15) is 6.04 Å². The summed E-state index contributed by atoms with van der Waals surface area (Å²) in [5, 5.41) is 11.0. The van der Waals surface area contributed by atoms with Crippen molar-refractivity contribution in [1.82, 2.24) is 4.90 Å². The van der Waals surface area contributed by atoms with Gasteiger partial charge in [0.05, 0.1) is 28.5 Å². The molecule has 0 aliphatic carbocycles. The van der Waals surface area contributed by atoms with E-state index in [9.17, 15) is 24.5 Å². The van der Waals surface area contributed by atoms with Gasteiger partial charge in [0.15, 0.2) is 5.78 Å².